The first-order valence-electron chi connectivity index (χ1n) is 36.2. The monoisotopic (exact) mass is 1730 g/mol. The Balaban J connectivity index is 0.000000128. The van der Waals surface area contributed by atoms with Crippen molar-refractivity contribution in [3.05, 3.63) is 83.2 Å². The molecule has 10 unspecified atom stereocenters. The molecule has 15 aliphatic rings. The van der Waals surface area contributed by atoms with E-state index in [-0.39, 0.29) is 199 Å². The van der Waals surface area contributed by atoms with Crippen LogP contribution in [-0.2, 0) is 47.9 Å². The number of carbonyl (C=O) groups excluding carboxylic acids is 10. The third-order valence-electron chi connectivity index (χ3n) is 20.5. The molecule has 16 rings (SSSR count). The van der Waals surface area contributed by atoms with Crippen molar-refractivity contribution in [1.29, 1.82) is 0 Å². The summed E-state index contributed by atoms with van der Waals surface area (Å²) in [6.45, 7) is 3.61. The number of Topliss-reactive ketones (excluding diaryl/α,β-unsaturated/α-hetero) is 5. The summed E-state index contributed by atoms with van der Waals surface area (Å²) >= 11 is 28.1. The van der Waals surface area contributed by atoms with Crippen LogP contribution in [0.2, 0.25) is 0 Å². The normalized spacial score (nSPS) is 34.0. The smallest absolute Gasteiger partial charge is 0.244 e. The van der Waals surface area contributed by atoms with Gasteiger partial charge in [-0.3, -0.25) is 97.4 Å². The number of aliphatic hydroxyl groups is 5. The Morgan fingerprint density at radius 1 is 0.427 bits per heavy atom. The highest BCUT2D eigenvalue weighted by Gasteiger charge is 2.47. The van der Waals surface area contributed by atoms with Crippen LogP contribution in [0.5, 0.6) is 0 Å². The predicted molar refractivity (Wildman–Crippen MR) is 430 cm³/mol. The maximum Gasteiger partial charge on any atom is 0.244 e. The van der Waals surface area contributed by atoms with E-state index in [9.17, 15) is 73.5 Å². The summed E-state index contributed by atoms with van der Waals surface area (Å²) in [5, 5.41) is 64.8. The van der Waals surface area contributed by atoms with Crippen LogP contribution >= 0.6 is 110 Å². The van der Waals surface area contributed by atoms with Crippen molar-refractivity contribution in [3.8, 4) is 0 Å². The fraction of sp³-hybridized carbons (Fsp3) is 0.563. The summed E-state index contributed by atoms with van der Waals surface area (Å²) in [7, 11) is 0. The number of nitrogens with one attached hydrogen (secondary N) is 5. The molecular weight excluding hydrogens is 1650 g/mol. The van der Waals surface area contributed by atoms with Gasteiger partial charge < -0.3 is 52.1 Å². The van der Waals surface area contributed by atoms with Crippen LogP contribution in [0.15, 0.2) is 103 Å². The average molecular weight is 1740 g/mol. The van der Waals surface area contributed by atoms with Gasteiger partial charge in [-0.2, -0.15) is 0 Å². The van der Waals surface area contributed by atoms with Gasteiger partial charge in [-0.05, 0) is 110 Å². The molecule has 30 nitrogen and oxygen atoms in total. The Labute approximate surface area is 679 Å². The van der Waals surface area contributed by atoms with Crippen LogP contribution in [0.1, 0.15) is 69.8 Å². The van der Waals surface area contributed by atoms with Crippen molar-refractivity contribution in [3.63, 3.8) is 0 Å². The number of carbonyl (C=O) groups is 10. The van der Waals surface area contributed by atoms with Gasteiger partial charge in [-0.25, -0.2) is 0 Å². The molecule has 39 heteroatoms. The van der Waals surface area contributed by atoms with E-state index >= 15 is 0 Å². The molecule has 0 aromatic heterocycles. The second-order valence-corrected chi connectivity index (χ2v) is 37.1. The molecule has 1 aromatic rings. The molecule has 0 bridgehead atoms. The summed E-state index contributed by atoms with van der Waals surface area (Å²) in [6.07, 6.45) is 16.8. The molecule has 15 heterocycles. The molecule has 1 aromatic carbocycles. The van der Waals surface area contributed by atoms with Gasteiger partial charge in [0.2, 0.25) is 29.5 Å². The first-order chi connectivity index (χ1) is 52.8. The first kappa shape index (κ1) is 84.1. The molecule has 0 saturated carbocycles. The molecule has 0 spiro atoms. The molecule has 110 heavy (non-hydrogen) atoms. The summed E-state index contributed by atoms with van der Waals surface area (Å²) in [5.41, 5.74) is 1.08. The molecule has 20 atom stereocenters. The molecule has 5 fully saturated rings. The third kappa shape index (κ3) is 21.2. The number of ketones is 5. The second kappa shape index (κ2) is 38.9. The van der Waals surface area contributed by atoms with Crippen LogP contribution in [0, 0.1) is 0 Å². The lowest BCUT2D eigenvalue weighted by atomic mass is 10.1. The molecule has 10 N–H and O–H groups in total. The van der Waals surface area contributed by atoms with Gasteiger partial charge in [0, 0.05) is 71.0 Å². The zero-order chi connectivity index (χ0) is 78.0. The molecule has 5 amide bonds. The molecule has 5 saturated heterocycles. The summed E-state index contributed by atoms with van der Waals surface area (Å²) < 4.78 is 1.87. The van der Waals surface area contributed by atoms with Crippen LogP contribution in [0.25, 0.3) is 4.91 Å². The van der Waals surface area contributed by atoms with Crippen LogP contribution in [-0.4, -0.2) is 323 Å². The number of hydrogen-bond donors (Lipinski definition) is 10. The van der Waals surface area contributed by atoms with E-state index in [0.717, 1.165) is 33.9 Å². The minimum absolute atomic E-state index is 0.00533. The lowest BCUT2D eigenvalue weighted by Gasteiger charge is -2.28. The number of rotatable bonds is 21. The Morgan fingerprint density at radius 2 is 0.773 bits per heavy atom. The van der Waals surface area contributed by atoms with Crippen molar-refractivity contribution >= 4 is 205 Å². The maximum atomic E-state index is 12.8. The van der Waals surface area contributed by atoms with Gasteiger partial charge in [0.25, 0.3) is 0 Å². The number of thioether (sulfide) groups is 5. The maximum absolute atomic E-state index is 12.8. The van der Waals surface area contributed by atoms with Gasteiger partial charge in [0.05, 0.1) is 133 Å². The van der Waals surface area contributed by atoms with E-state index in [0.29, 0.717) is 59.0 Å². The molecule has 0 radical (unpaired) electrons. The minimum Gasteiger partial charge on any atom is -0.391 e. The standard InChI is InChI=1S/C19H21N3O3S.C13H16BrN3O3S.C13H15Cl2N3O3S.C13H16ClN3O3S.C13H17N3O3S/c23-13(8-14-16(24)6-7-20-14)10-22-11-21-15-9-17(26-18(15)19(22)25)12-4-2-1-3-5-12;14-11-4-9-12(21-11)13(20)17(6-16-9)5-7(18)3-8-10(19)1-2-15-8;14-9-10-11(22-12(9)15)13(21)18(5-17-10)4-6(19)3-7-8(20)1-2-16-7;14-11-4-9-12(21-11)13(20)17(6-16-9)5-7(18)3-8-10(19)1-2-15-8;17-8(5-10-11(18)1-3-14-10)6-16-7-15-9-2-4-20-12(9)13(16)19/h1-5,9,11,14-16,18,20,24H,6-8,10H2;4,6,8-10,12,15,19H,1-3,5H2;5,7-8,10-11,16,20H,1-4H2;4,6,8-10,12,15,19H,1-3,5H2;2,4,7,9-12,14,18H,1,3,5-6H2/t14-,15?,16+,18?;8-,9?,10+,12?;7-,8+,10?,11?;8-,9?,10+,12?;9?,10-,11+,12?/m00000/s1. The number of fused-ring (bicyclic) bond motifs is 5. The molecule has 592 valence electrons. The Hall–Kier alpha value is -5.33. The highest BCUT2D eigenvalue weighted by molar-refractivity contribution is 9.14. The third-order valence-corrected chi connectivity index (χ3v) is 28.6. The van der Waals surface area contributed by atoms with E-state index < -0.39 is 41.8 Å². The highest BCUT2D eigenvalue weighted by Crippen LogP contribution is 2.47. The lowest BCUT2D eigenvalue weighted by Crippen LogP contribution is -2.47. The van der Waals surface area contributed by atoms with Gasteiger partial charge in [-0.1, -0.05) is 94.7 Å². The zero-order valence-corrected chi connectivity index (χ0v) is 67.1. The average Bonchev–Trinajstić information content (AvgIpc) is 1.64. The van der Waals surface area contributed by atoms with E-state index in [1.54, 1.807) is 6.08 Å². The van der Waals surface area contributed by atoms with E-state index in [1.165, 1.54) is 115 Å². The van der Waals surface area contributed by atoms with Crippen LogP contribution in [0.3, 0.4) is 0 Å². The predicted octanol–water partition coefficient (Wildman–Crippen LogP) is 1.63. The van der Waals surface area contributed by atoms with E-state index in [2.05, 4.69) is 67.5 Å². The van der Waals surface area contributed by atoms with Crippen molar-refractivity contribution in [2.75, 3.05) is 65.4 Å². The zero-order valence-electron chi connectivity index (χ0n) is 59.2. The Morgan fingerprint density at radius 3 is 1.17 bits per heavy atom. The number of aliphatic hydroxyl groups excluding tert-OH is 5. The highest BCUT2D eigenvalue weighted by atomic mass is 79.9. The van der Waals surface area contributed by atoms with Crippen molar-refractivity contribution in [2.24, 2.45) is 25.0 Å². The van der Waals surface area contributed by atoms with Crippen molar-refractivity contribution in [1.82, 2.24) is 51.1 Å². The molecule has 0 aliphatic carbocycles. The lowest BCUT2D eigenvalue weighted by molar-refractivity contribution is -0.131. The molecule has 15 aliphatic heterocycles. The van der Waals surface area contributed by atoms with Crippen LogP contribution < -0.4 is 26.6 Å². The van der Waals surface area contributed by atoms with Crippen LogP contribution in [0.4, 0.5) is 0 Å². The van der Waals surface area contributed by atoms with Gasteiger partial charge >= 0.3 is 0 Å². The number of benzene rings is 1. The Bertz CT molecular complexity index is 3920. The van der Waals surface area contributed by atoms with E-state index in [1.807, 2.05) is 54.0 Å². The van der Waals surface area contributed by atoms with Crippen molar-refractivity contribution < 1.29 is 73.5 Å². The number of halogens is 4. The van der Waals surface area contributed by atoms with Gasteiger partial charge in [0.1, 0.15) is 32.3 Å². The Kier molecular flexibility index (Phi) is 29.7. The van der Waals surface area contributed by atoms with Gasteiger partial charge in [0.15, 0.2) is 28.9 Å². The topological polar surface area (TPSA) is 410 Å². The number of nitrogens with zero attached hydrogens (tertiary/aromatic N) is 10. The summed E-state index contributed by atoms with van der Waals surface area (Å²) in [4.78, 5) is 152. The molecular formula is C71H85BrCl3N15O15S5. The quantitative estimate of drug-likeness (QED) is 0.0836. The van der Waals surface area contributed by atoms with Gasteiger partial charge in [-0.15, -0.1) is 35.3 Å². The fourth-order valence-corrected chi connectivity index (χ4v) is 21.8. The largest absolute Gasteiger partial charge is 0.391 e. The number of aliphatic imine (C=N–C) groups is 5. The number of hydrogen-bond acceptors (Lipinski definition) is 30. The SMILES string of the molecule is O=C(C[C@@H]1NCC[C@H]1O)CN1C=NC2C(Cl)=C(Cl)SC2C1=O.O=C(C[C@@H]1NCC[C@H]1O)CN1C=NC2C=C(Br)SC2C1=O.O=C(C[C@@H]1NCC[C@H]1O)CN1C=NC2C=C(Cl)SC2C1=O.O=C(C[C@@H]1NCC[C@H]1O)CN1C=NC2C=C(c3ccccc3)SC2C1=O.O=C(C[C@@H]1NCC[C@H]1O)CN1C=NC2C=CSC2C1=O. The number of amides is 5. The minimum atomic E-state index is -0.508. The summed E-state index contributed by atoms with van der Waals surface area (Å²) in [5.74, 6) is -0.983. The van der Waals surface area contributed by atoms with Crippen molar-refractivity contribution in [2.45, 2.75) is 181 Å². The first-order valence-corrected chi connectivity index (χ1v) is 42.6. The van der Waals surface area contributed by atoms with E-state index in [4.69, 9.17) is 34.8 Å². The second-order valence-electron chi connectivity index (χ2n) is 28.4. The fourth-order valence-electron chi connectivity index (χ4n) is 14.4. The summed E-state index contributed by atoms with van der Waals surface area (Å²) in [6, 6.07) is 7.85.